The van der Waals surface area contributed by atoms with E-state index in [1.54, 1.807) is 12.3 Å². The third-order valence-electron chi connectivity index (χ3n) is 8.20. The van der Waals surface area contributed by atoms with Gasteiger partial charge in [0.15, 0.2) is 5.78 Å². The molecule has 1 unspecified atom stereocenters. The van der Waals surface area contributed by atoms with Crippen LogP contribution < -0.4 is 4.90 Å². The van der Waals surface area contributed by atoms with Gasteiger partial charge in [0.2, 0.25) is 0 Å². The second kappa shape index (κ2) is 8.93. The number of nitrogens with zero attached hydrogens (tertiary/aromatic N) is 5. The average Bonchev–Trinajstić information content (AvgIpc) is 3.32. The number of anilines is 1. The van der Waals surface area contributed by atoms with Crippen molar-refractivity contribution in [1.82, 2.24) is 14.5 Å². The third kappa shape index (κ3) is 3.77. The van der Waals surface area contributed by atoms with Crippen LogP contribution in [0.5, 0.6) is 0 Å². The van der Waals surface area contributed by atoms with Crippen molar-refractivity contribution in [2.75, 3.05) is 31.2 Å². The van der Waals surface area contributed by atoms with Crippen LogP contribution in [-0.4, -0.2) is 46.6 Å². The fourth-order valence-corrected chi connectivity index (χ4v) is 6.32. The standard InChI is InChI=1S/C29H28FN5O2/c1-18-23-6-7-24-27(29(23,2)16-20(17-31)26(18)36)33-28(35(24)22-5-3-4-21(30)15-22)19-8-9-32-25(14-19)34-10-12-37-13-11-34/h3-5,8-9,14-16,18,23H,6-7,10-13H2,1-2H3/t18-,23-,29?/m1/s1. The lowest BCUT2D eigenvalue weighted by Crippen LogP contribution is -2.45. The Balaban J connectivity index is 1.57. The quantitative estimate of drug-likeness (QED) is 0.533. The molecule has 8 heteroatoms. The lowest BCUT2D eigenvalue weighted by Gasteiger charge is -2.44. The molecule has 0 radical (unpaired) electrons. The molecule has 6 rings (SSSR count). The summed E-state index contributed by atoms with van der Waals surface area (Å²) in [5, 5.41) is 9.71. The highest BCUT2D eigenvalue weighted by molar-refractivity contribution is 6.02. The van der Waals surface area contributed by atoms with Crippen LogP contribution in [0.4, 0.5) is 10.2 Å². The van der Waals surface area contributed by atoms with Crippen molar-refractivity contribution in [2.24, 2.45) is 11.8 Å². The Labute approximate surface area is 215 Å². The van der Waals surface area contributed by atoms with Crippen molar-refractivity contribution in [3.05, 3.63) is 71.4 Å². The lowest BCUT2D eigenvalue weighted by atomic mass is 9.58. The fraction of sp³-hybridized carbons (Fsp3) is 0.379. The summed E-state index contributed by atoms with van der Waals surface area (Å²) in [4.78, 5) is 24.8. The monoisotopic (exact) mass is 497 g/mol. The molecule has 0 amide bonds. The maximum Gasteiger partial charge on any atom is 0.176 e. The summed E-state index contributed by atoms with van der Waals surface area (Å²) in [6, 6.07) is 12.6. The molecule has 2 aliphatic carbocycles. The molecule has 0 bridgehead atoms. The zero-order valence-electron chi connectivity index (χ0n) is 20.9. The molecular formula is C29H28FN5O2. The Bertz CT molecular complexity index is 1470. The molecule has 0 spiro atoms. The van der Waals surface area contributed by atoms with E-state index in [0.717, 1.165) is 42.3 Å². The maximum atomic E-state index is 14.4. The molecule has 3 aliphatic rings. The molecule has 0 saturated carbocycles. The second-order valence-electron chi connectivity index (χ2n) is 10.3. The lowest BCUT2D eigenvalue weighted by molar-refractivity contribution is -0.121. The molecule has 0 N–H and O–H groups in total. The van der Waals surface area contributed by atoms with Crippen LogP contribution in [0.1, 0.15) is 31.7 Å². The number of aromatic nitrogens is 3. The van der Waals surface area contributed by atoms with Gasteiger partial charge in [-0.05, 0) is 49.1 Å². The topological polar surface area (TPSA) is 84.0 Å². The minimum absolute atomic E-state index is 0.0367. The molecule has 3 heterocycles. The molecule has 3 aromatic rings. The Hall–Kier alpha value is -3.83. The van der Waals surface area contributed by atoms with Crippen molar-refractivity contribution in [3.63, 3.8) is 0 Å². The number of rotatable bonds is 3. The van der Waals surface area contributed by atoms with Gasteiger partial charge < -0.3 is 9.64 Å². The number of ketones is 1. The number of imidazole rings is 1. The van der Waals surface area contributed by atoms with Crippen LogP contribution in [-0.2, 0) is 21.4 Å². The van der Waals surface area contributed by atoms with Gasteiger partial charge in [-0.2, -0.15) is 5.26 Å². The summed E-state index contributed by atoms with van der Waals surface area (Å²) in [6.07, 6.45) is 5.08. The van der Waals surface area contributed by atoms with Gasteiger partial charge in [-0.25, -0.2) is 14.4 Å². The van der Waals surface area contributed by atoms with Gasteiger partial charge in [0.05, 0.1) is 30.2 Å². The number of fused-ring (bicyclic) bond motifs is 3. The van der Waals surface area contributed by atoms with Crippen LogP contribution >= 0.6 is 0 Å². The van der Waals surface area contributed by atoms with E-state index < -0.39 is 5.41 Å². The number of carbonyl (C=O) groups is 1. The van der Waals surface area contributed by atoms with Crippen LogP contribution in [0.3, 0.4) is 0 Å². The highest BCUT2D eigenvalue weighted by atomic mass is 19.1. The number of pyridine rings is 1. The molecule has 1 aliphatic heterocycles. The van der Waals surface area contributed by atoms with Gasteiger partial charge in [0.1, 0.15) is 23.5 Å². The predicted molar refractivity (Wildman–Crippen MR) is 137 cm³/mol. The number of allylic oxidation sites excluding steroid dienone is 2. The first kappa shape index (κ1) is 23.6. The predicted octanol–water partition coefficient (Wildman–Crippen LogP) is 4.40. The largest absolute Gasteiger partial charge is 0.378 e. The Morgan fingerprint density at radius 2 is 2.03 bits per heavy atom. The van der Waals surface area contributed by atoms with Crippen molar-refractivity contribution in [1.29, 1.82) is 5.26 Å². The number of morpholine rings is 1. The molecule has 1 fully saturated rings. The third-order valence-corrected chi connectivity index (χ3v) is 8.20. The van der Waals surface area contributed by atoms with Gasteiger partial charge >= 0.3 is 0 Å². The normalized spacial score (nSPS) is 25.2. The average molecular weight is 498 g/mol. The zero-order chi connectivity index (χ0) is 25.7. The summed E-state index contributed by atoms with van der Waals surface area (Å²) in [5.74, 6) is 0.899. The number of benzene rings is 1. The number of carbonyl (C=O) groups excluding carboxylic acids is 1. The summed E-state index contributed by atoms with van der Waals surface area (Å²) in [6.45, 7) is 6.83. The van der Waals surface area contributed by atoms with Crippen molar-refractivity contribution < 1.29 is 13.9 Å². The Morgan fingerprint density at radius 1 is 1.22 bits per heavy atom. The Morgan fingerprint density at radius 3 is 2.78 bits per heavy atom. The first-order chi connectivity index (χ1) is 17.9. The van der Waals surface area contributed by atoms with E-state index >= 15 is 0 Å². The minimum atomic E-state index is -0.584. The molecule has 1 saturated heterocycles. The summed E-state index contributed by atoms with van der Waals surface area (Å²) < 4.78 is 22.0. The first-order valence-corrected chi connectivity index (χ1v) is 12.7. The SMILES string of the molecule is C[C@H]1C(=O)C(C#N)=CC2(C)c3nc(-c4ccnc(N5CCOCC5)c4)n(-c4cccc(F)c4)c3CC[C@H]12. The number of ether oxygens (including phenoxy) is 1. The van der Waals surface area contributed by atoms with E-state index in [-0.39, 0.29) is 29.0 Å². The summed E-state index contributed by atoms with van der Waals surface area (Å²) >= 11 is 0. The molecule has 37 heavy (non-hydrogen) atoms. The van der Waals surface area contributed by atoms with Crippen molar-refractivity contribution >= 4 is 11.6 Å². The number of halogens is 1. The van der Waals surface area contributed by atoms with Gasteiger partial charge in [-0.3, -0.25) is 9.36 Å². The highest BCUT2D eigenvalue weighted by Gasteiger charge is 2.50. The highest BCUT2D eigenvalue weighted by Crippen LogP contribution is 2.50. The smallest absolute Gasteiger partial charge is 0.176 e. The number of hydrogen-bond donors (Lipinski definition) is 0. The number of Topliss-reactive ketones (excluding diaryl/α,β-unsaturated/α-hetero) is 1. The second-order valence-corrected chi connectivity index (χ2v) is 10.3. The van der Waals surface area contributed by atoms with Crippen LogP contribution in [0.2, 0.25) is 0 Å². The van der Waals surface area contributed by atoms with E-state index in [1.165, 1.54) is 12.1 Å². The van der Waals surface area contributed by atoms with Crippen molar-refractivity contribution in [2.45, 2.75) is 32.1 Å². The molecule has 188 valence electrons. The summed E-state index contributed by atoms with van der Waals surface area (Å²) in [7, 11) is 0. The molecule has 1 aromatic carbocycles. The molecule has 3 atom stereocenters. The summed E-state index contributed by atoms with van der Waals surface area (Å²) in [5.41, 5.74) is 3.01. The molecular weight excluding hydrogens is 469 g/mol. The van der Waals surface area contributed by atoms with E-state index in [9.17, 15) is 14.4 Å². The minimum Gasteiger partial charge on any atom is -0.378 e. The van der Waals surface area contributed by atoms with E-state index in [0.29, 0.717) is 31.1 Å². The Kier molecular flexibility index (Phi) is 5.68. The molecule has 7 nitrogen and oxygen atoms in total. The number of nitriles is 1. The van der Waals surface area contributed by atoms with Gasteiger partial charge in [0.25, 0.3) is 0 Å². The van der Waals surface area contributed by atoms with Crippen molar-refractivity contribution in [3.8, 4) is 23.1 Å². The first-order valence-electron chi connectivity index (χ1n) is 12.7. The molecule has 2 aromatic heterocycles. The van der Waals surface area contributed by atoms with Crippen LogP contribution in [0.15, 0.2) is 54.2 Å². The van der Waals surface area contributed by atoms with Crippen LogP contribution in [0, 0.1) is 29.0 Å². The fourth-order valence-electron chi connectivity index (χ4n) is 6.32. The van der Waals surface area contributed by atoms with E-state index in [2.05, 4.69) is 22.9 Å². The van der Waals surface area contributed by atoms with E-state index in [1.807, 2.05) is 35.8 Å². The van der Waals surface area contributed by atoms with Gasteiger partial charge in [-0.15, -0.1) is 0 Å². The van der Waals surface area contributed by atoms with Gasteiger partial charge in [-0.1, -0.05) is 26.0 Å². The zero-order valence-corrected chi connectivity index (χ0v) is 20.9. The maximum absolute atomic E-state index is 14.4. The van der Waals surface area contributed by atoms with E-state index in [4.69, 9.17) is 9.72 Å². The van der Waals surface area contributed by atoms with Crippen LogP contribution in [0.25, 0.3) is 17.1 Å². The number of hydrogen-bond acceptors (Lipinski definition) is 6. The van der Waals surface area contributed by atoms with Gasteiger partial charge in [0, 0.05) is 41.9 Å².